The zero-order valence-electron chi connectivity index (χ0n) is 18.3. The van der Waals surface area contributed by atoms with E-state index in [2.05, 4.69) is 10.6 Å². The van der Waals surface area contributed by atoms with Crippen LogP contribution in [-0.2, 0) is 4.79 Å². The summed E-state index contributed by atoms with van der Waals surface area (Å²) in [7, 11) is 0. The van der Waals surface area contributed by atoms with E-state index in [9.17, 15) is 18.0 Å². The van der Waals surface area contributed by atoms with Gasteiger partial charge in [-0.05, 0) is 107 Å². The molecule has 9 heteroatoms. The van der Waals surface area contributed by atoms with Crippen molar-refractivity contribution < 1.29 is 27.9 Å². The maximum atomic E-state index is 13.1. The fraction of sp³-hybridized carbons (Fsp3) is 0.913. The third-order valence-corrected chi connectivity index (χ3v) is 9.14. The Morgan fingerprint density at radius 3 is 1.53 bits per heavy atom. The maximum Gasteiger partial charge on any atom is 0.490 e. The van der Waals surface area contributed by atoms with Crippen LogP contribution in [0.2, 0.25) is 0 Å². The van der Waals surface area contributed by atoms with Gasteiger partial charge in [0, 0.05) is 16.6 Å². The number of carbonyl (C=O) groups excluding carboxylic acids is 1. The lowest BCUT2D eigenvalue weighted by atomic mass is 9.50. The number of urea groups is 1. The Labute approximate surface area is 186 Å². The number of alkyl halides is 3. The fourth-order valence-corrected chi connectivity index (χ4v) is 9.26. The summed E-state index contributed by atoms with van der Waals surface area (Å²) in [6.07, 6.45) is 9.91. The minimum Gasteiger partial charge on any atom is -0.475 e. The molecule has 32 heavy (non-hydrogen) atoms. The first-order valence-electron chi connectivity index (χ1n) is 12.0. The second-order valence-electron chi connectivity index (χ2n) is 12.2. The first kappa shape index (κ1) is 22.3. The number of nitrogens with one attached hydrogen (secondary N) is 2. The second-order valence-corrected chi connectivity index (χ2v) is 12.2. The van der Waals surface area contributed by atoms with E-state index in [1.54, 1.807) is 0 Å². The smallest absolute Gasteiger partial charge is 0.475 e. The van der Waals surface area contributed by atoms with Crippen LogP contribution >= 0.6 is 0 Å². The predicted octanol–water partition coefficient (Wildman–Crippen LogP) is 3.94. The number of nitrogens with two attached hydrogens (primary N) is 1. The van der Waals surface area contributed by atoms with E-state index in [0.717, 1.165) is 48.9 Å². The summed E-state index contributed by atoms with van der Waals surface area (Å²) < 4.78 is 31.7. The van der Waals surface area contributed by atoms with Gasteiger partial charge in [-0.25, -0.2) is 9.59 Å². The summed E-state index contributed by atoms with van der Waals surface area (Å²) in [6.45, 7) is 0. The average molecular weight is 458 g/mol. The molecule has 0 heterocycles. The van der Waals surface area contributed by atoms with E-state index in [1.165, 1.54) is 57.8 Å². The predicted molar refractivity (Wildman–Crippen MR) is 111 cm³/mol. The van der Waals surface area contributed by atoms with Crippen molar-refractivity contribution in [3.8, 4) is 0 Å². The van der Waals surface area contributed by atoms with Crippen molar-refractivity contribution in [3.05, 3.63) is 0 Å². The molecule has 8 fully saturated rings. The van der Waals surface area contributed by atoms with Crippen molar-refractivity contribution in [2.24, 2.45) is 35.3 Å². The van der Waals surface area contributed by atoms with Gasteiger partial charge in [0.1, 0.15) is 0 Å². The number of carboxylic acid groups (broad SMARTS) is 1. The van der Waals surface area contributed by atoms with Gasteiger partial charge in [0.15, 0.2) is 0 Å². The summed E-state index contributed by atoms with van der Waals surface area (Å²) in [5.41, 5.74) is 6.80. The van der Waals surface area contributed by atoms with E-state index in [1.807, 2.05) is 0 Å². The number of carboxylic acids is 1. The van der Waals surface area contributed by atoms with E-state index < -0.39 is 12.1 Å². The highest BCUT2D eigenvalue weighted by Gasteiger charge is 2.57. The molecule has 0 aromatic rings. The lowest BCUT2D eigenvalue weighted by molar-refractivity contribution is -0.192. The lowest BCUT2D eigenvalue weighted by Gasteiger charge is -2.61. The molecule has 2 atom stereocenters. The summed E-state index contributed by atoms with van der Waals surface area (Å²) in [4.78, 5) is 21.9. The van der Waals surface area contributed by atoms with Crippen LogP contribution < -0.4 is 16.4 Å². The number of amides is 2. The summed E-state index contributed by atoms with van der Waals surface area (Å²) in [5, 5.41) is 14.1. The third-order valence-electron chi connectivity index (χ3n) is 9.14. The van der Waals surface area contributed by atoms with Crippen LogP contribution in [0.25, 0.3) is 0 Å². The van der Waals surface area contributed by atoms with Gasteiger partial charge in [0.25, 0.3) is 0 Å². The Bertz CT molecular complexity index is 750. The quantitative estimate of drug-likeness (QED) is 0.504. The number of aliphatic carboxylic acids is 1. The Kier molecular flexibility index (Phi) is 5.04. The highest BCUT2D eigenvalue weighted by Crippen LogP contribution is 2.57. The number of carbonyl (C=O) groups is 2. The van der Waals surface area contributed by atoms with Crippen LogP contribution in [0.4, 0.5) is 18.0 Å². The Morgan fingerprint density at radius 2 is 1.12 bits per heavy atom. The third kappa shape index (κ3) is 4.21. The molecule has 6 nitrogen and oxygen atoms in total. The van der Waals surface area contributed by atoms with Crippen molar-refractivity contribution in [3.63, 3.8) is 0 Å². The van der Waals surface area contributed by atoms with Gasteiger partial charge in [0.2, 0.25) is 0 Å². The van der Waals surface area contributed by atoms with Gasteiger partial charge in [-0.1, -0.05) is 0 Å². The molecule has 8 saturated carbocycles. The molecular weight excluding hydrogens is 423 g/mol. The van der Waals surface area contributed by atoms with Crippen LogP contribution in [0.5, 0.6) is 0 Å². The molecule has 2 amide bonds. The number of hydrogen-bond acceptors (Lipinski definition) is 3. The van der Waals surface area contributed by atoms with Crippen molar-refractivity contribution in [2.75, 3.05) is 0 Å². The van der Waals surface area contributed by atoms with E-state index >= 15 is 0 Å². The van der Waals surface area contributed by atoms with Crippen LogP contribution in [0.15, 0.2) is 0 Å². The molecule has 0 aliphatic heterocycles. The maximum absolute atomic E-state index is 13.1. The molecule has 0 saturated heterocycles. The molecule has 2 unspecified atom stereocenters. The van der Waals surface area contributed by atoms with E-state index in [-0.39, 0.29) is 22.6 Å². The molecule has 0 aromatic heterocycles. The van der Waals surface area contributed by atoms with Crippen molar-refractivity contribution in [1.82, 2.24) is 10.6 Å². The minimum absolute atomic E-state index is 0.00193. The SMILES string of the molecule is NC12CC3CC(C1)CC(NC(=O)NC14CC5CC(CC(C5)C1)C4)(C3)C2.O=C(O)C(F)(F)F. The van der Waals surface area contributed by atoms with Crippen LogP contribution in [-0.4, -0.2) is 39.9 Å². The fourth-order valence-electron chi connectivity index (χ4n) is 9.26. The molecule has 8 rings (SSSR count). The van der Waals surface area contributed by atoms with Gasteiger partial charge in [-0.3, -0.25) is 0 Å². The highest BCUT2D eigenvalue weighted by molar-refractivity contribution is 5.76. The largest absolute Gasteiger partial charge is 0.490 e. The van der Waals surface area contributed by atoms with Crippen molar-refractivity contribution in [2.45, 2.75) is 99.8 Å². The molecule has 0 radical (unpaired) electrons. The van der Waals surface area contributed by atoms with Gasteiger partial charge in [-0.15, -0.1) is 0 Å². The Morgan fingerprint density at radius 1 is 0.750 bits per heavy atom. The molecule has 8 aliphatic rings. The van der Waals surface area contributed by atoms with Gasteiger partial charge < -0.3 is 21.5 Å². The monoisotopic (exact) mass is 457 g/mol. The van der Waals surface area contributed by atoms with E-state index in [4.69, 9.17) is 15.6 Å². The zero-order valence-corrected chi connectivity index (χ0v) is 18.3. The van der Waals surface area contributed by atoms with E-state index in [0.29, 0.717) is 0 Å². The van der Waals surface area contributed by atoms with Gasteiger partial charge in [0.05, 0.1) is 0 Å². The first-order chi connectivity index (χ1) is 14.9. The van der Waals surface area contributed by atoms with Crippen molar-refractivity contribution >= 4 is 12.0 Å². The molecule has 8 aliphatic carbocycles. The Balaban J connectivity index is 0.000000272. The summed E-state index contributed by atoms with van der Waals surface area (Å²) in [6, 6.07) is 0.118. The normalized spacial score (nSPS) is 47.6. The molecule has 8 bridgehead atoms. The first-order valence-corrected chi connectivity index (χ1v) is 12.0. The van der Waals surface area contributed by atoms with Gasteiger partial charge >= 0.3 is 18.2 Å². The average Bonchev–Trinajstić information content (AvgIpc) is 2.56. The number of halogens is 3. The van der Waals surface area contributed by atoms with Crippen molar-refractivity contribution in [1.29, 1.82) is 0 Å². The molecule has 5 N–H and O–H groups in total. The Hall–Kier alpha value is -1.51. The highest BCUT2D eigenvalue weighted by atomic mass is 19.4. The topological polar surface area (TPSA) is 104 Å². The standard InChI is InChI=1S/C21H33N3O.C2HF3O2/c22-19-5-16-4-17(6-19)11-21(10-16,12-19)24-18(25)23-20-7-13-1-14(8-20)3-15(2-13)9-20;3-2(4,5)1(6)7/h13-17H,1-12,22H2,(H2,23,24,25);(H,6,7). The molecule has 0 spiro atoms. The van der Waals surface area contributed by atoms with Crippen LogP contribution in [0.3, 0.4) is 0 Å². The lowest BCUT2D eigenvalue weighted by Crippen LogP contribution is -2.70. The number of rotatable bonds is 2. The minimum atomic E-state index is -5.08. The second kappa shape index (κ2) is 7.24. The summed E-state index contributed by atoms with van der Waals surface area (Å²) >= 11 is 0. The number of hydrogen-bond donors (Lipinski definition) is 4. The molecular formula is C23H34F3N3O3. The zero-order chi connectivity index (χ0) is 22.9. The van der Waals surface area contributed by atoms with Crippen LogP contribution in [0, 0.1) is 29.6 Å². The summed E-state index contributed by atoms with van der Waals surface area (Å²) in [5.74, 6) is 1.35. The molecule has 0 aromatic carbocycles. The van der Waals surface area contributed by atoms with Crippen LogP contribution in [0.1, 0.15) is 77.0 Å². The molecule has 180 valence electrons. The van der Waals surface area contributed by atoms with Gasteiger partial charge in [-0.2, -0.15) is 13.2 Å².